The molecule has 0 spiro atoms. The zero-order valence-corrected chi connectivity index (χ0v) is 12.3. The van der Waals surface area contributed by atoms with Crippen molar-refractivity contribution in [2.24, 2.45) is 7.05 Å². The summed E-state index contributed by atoms with van der Waals surface area (Å²) in [7, 11) is 1.78. The van der Waals surface area contributed by atoms with Crippen LogP contribution in [0.4, 0.5) is 11.4 Å². The molecule has 1 aromatic carbocycles. The summed E-state index contributed by atoms with van der Waals surface area (Å²) in [5.41, 5.74) is 8.32. The van der Waals surface area contributed by atoms with E-state index in [1.165, 1.54) is 4.90 Å². The van der Waals surface area contributed by atoms with Crippen LogP contribution in [-0.4, -0.2) is 33.9 Å². The lowest BCUT2D eigenvalue weighted by atomic mass is 10.1. The second-order valence-electron chi connectivity index (χ2n) is 4.76. The standard InChI is InChI=1S/C15H20N4O2/c1-3-13-11(10-18(2)17-13)15(21)19(8-9-20)14-7-5-4-6-12(14)16/h4-7,10,20H,3,8-9,16H2,1-2H3. The first-order valence-corrected chi connectivity index (χ1v) is 6.88. The Morgan fingerprint density at radius 2 is 2.14 bits per heavy atom. The molecular formula is C15H20N4O2. The maximum Gasteiger partial charge on any atom is 0.261 e. The second-order valence-corrected chi connectivity index (χ2v) is 4.76. The van der Waals surface area contributed by atoms with Crippen LogP contribution in [0.25, 0.3) is 0 Å². The molecule has 6 heteroatoms. The predicted octanol–water partition coefficient (Wildman–Crippen LogP) is 1.20. The van der Waals surface area contributed by atoms with Gasteiger partial charge in [0.15, 0.2) is 0 Å². The van der Waals surface area contributed by atoms with Gasteiger partial charge in [0.2, 0.25) is 0 Å². The fourth-order valence-corrected chi connectivity index (χ4v) is 2.28. The first kappa shape index (κ1) is 15.1. The molecule has 3 N–H and O–H groups in total. The minimum atomic E-state index is -0.202. The molecule has 1 heterocycles. The average molecular weight is 288 g/mol. The number of aryl methyl sites for hydroxylation is 2. The largest absolute Gasteiger partial charge is 0.397 e. The summed E-state index contributed by atoms with van der Waals surface area (Å²) < 4.78 is 1.62. The third-order valence-corrected chi connectivity index (χ3v) is 3.27. The fourth-order valence-electron chi connectivity index (χ4n) is 2.28. The van der Waals surface area contributed by atoms with Gasteiger partial charge in [-0.15, -0.1) is 0 Å². The zero-order chi connectivity index (χ0) is 15.4. The molecule has 0 aliphatic rings. The third kappa shape index (κ3) is 3.05. The lowest BCUT2D eigenvalue weighted by Gasteiger charge is -2.23. The lowest BCUT2D eigenvalue weighted by molar-refractivity contribution is 0.0980. The number of nitrogens with zero attached hydrogens (tertiary/aromatic N) is 3. The van der Waals surface area contributed by atoms with Crippen LogP contribution in [0, 0.1) is 0 Å². The SMILES string of the molecule is CCc1nn(C)cc1C(=O)N(CCO)c1ccccc1N. The number of anilines is 2. The van der Waals surface area contributed by atoms with E-state index in [0.29, 0.717) is 23.4 Å². The molecule has 1 aromatic heterocycles. The Balaban J connectivity index is 2.43. The molecule has 0 aliphatic carbocycles. The Hall–Kier alpha value is -2.34. The zero-order valence-electron chi connectivity index (χ0n) is 12.3. The molecule has 1 amide bonds. The van der Waals surface area contributed by atoms with Gasteiger partial charge in [-0.25, -0.2) is 0 Å². The molecule has 2 aromatic rings. The van der Waals surface area contributed by atoms with Crippen LogP contribution in [-0.2, 0) is 13.5 Å². The highest BCUT2D eigenvalue weighted by Gasteiger charge is 2.23. The summed E-state index contributed by atoms with van der Waals surface area (Å²) in [5.74, 6) is -0.202. The van der Waals surface area contributed by atoms with Crippen LogP contribution in [0.1, 0.15) is 23.0 Å². The number of nitrogen functional groups attached to an aromatic ring is 1. The topological polar surface area (TPSA) is 84.4 Å². The van der Waals surface area contributed by atoms with Crippen LogP contribution in [0.2, 0.25) is 0 Å². The number of hydrogen-bond donors (Lipinski definition) is 2. The highest BCUT2D eigenvalue weighted by atomic mass is 16.3. The number of rotatable bonds is 5. The van der Waals surface area contributed by atoms with Crippen molar-refractivity contribution in [2.45, 2.75) is 13.3 Å². The molecule has 6 nitrogen and oxygen atoms in total. The van der Waals surface area contributed by atoms with Crippen molar-refractivity contribution in [2.75, 3.05) is 23.8 Å². The molecular weight excluding hydrogens is 268 g/mol. The number of benzene rings is 1. The number of carbonyl (C=O) groups excluding carboxylic acids is 1. The third-order valence-electron chi connectivity index (χ3n) is 3.27. The molecule has 0 bridgehead atoms. The Morgan fingerprint density at radius 3 is 2.76 bits per heavy atom. The predicted molar refractivity (Wildman–Crippen MR) is 82.2 cm³/mol. The van der Waals surface area contributed by atoms with Crippen molar-refractivity contribution in [3.8, 4) is 0 Å². The van der Waals surface area contributed by atoms with E-state index < -0.39 is 0 Å². The molecule has 0 unspecified atom stereocenters. The first-order valence-electron chi connectivity index (χ1n) is 6.88. The summed E-state index contributed by atoms with van der Waals surface area (Å²) in [6, 6.07) is 7.12. The highest BCUT2D eigenvalue weighted by Crippen LogP contribution is 2.24. The minimum absolute atomic E-state index is 0.137. The summed E-state index contributed by atoms with van der Waals surface area (Å²) in [5, 5.41) is 13.5. The Bertz CT molecular complexity index is 636. The Morgan fingerprint density at radius 1 is 1.43 bits per heavy atom. The van der Waals surface area contributed by atoms with Gasteiger partial charge in [0, 0.05) is 19.8 Å². The van der Waals surface area contributed by atoms with Gasteiger partial charge >= 0.3 is 0 Å². The van der Waals surface area contributed by atoms with Crippen molar-refractivity contribution >= 4 is 17.3 Å². The van der Waals surface area contributed by atoms with Gasteiger partial charge in [-0.1, -0.05) is 19.1 Å². The van der Waals surface area contributed by atoms with E-state index in [0.717, 1.165) is 5.69 Å². The minimum Gasteiger partial charge on any atom is -0.397 e. The summed E-state index contributed by atoms with van der Waals surface area (Å²) in [4.78, 5) is 14.3. The molecule has 2 rings (SSSR count). The fraction of sp³-hybridized carbons (Fsp3) is 0.333. The van der Waals surface area contributed by atoms with Crippen LogP contribution in [0.5, 0.6) is 0 Å². The van der Waals surface area contributed by atoms with Crippen LogP contribution >= 0.6 is 0 Å². The maximum atomic E-state index is 12.8. The first-order chi connectivity index (χ1) is 10.1. The number of nitrogens with two attached hydrogens (primary N) is 1. The molecule has 21 heavy (non-hydrogen) atoms. The number of hydrogen-bond acceptors (Lipinski definition) is 4. The summed E-state index contributed by atoms with van der Waals surface area (Å²) in [6.07, 6.45) is 2.36. The van der Waals surface area contributed by atoms with Crippen LogP contribution < -0.4 is 10.6 Å². The van der Waals surface area contributed by atoms with Crippen molar-refractivity contribution in [1.29, 1.82) is 0 Å². The normalized spacial score (nSPS) is 10.6. The number of para-hydroxylation sites is 2. The van der Waals surface area contributed by atoms with E-state index in [2.05, 4.69) is 5.10 Å². The van der Waals surface area contributed by atoms with E-state index in [9.17, 15) is 9.90 Å². The summed E-state index contributed by atoms with van der Waals surface area (Å²) in [6.45, 7) is 2.00. The van der Waals surface area contributed by atoms with E-state index in [1.54, 1.807) is 30.1 Å². The van der Waals surface area contributed by atoms with Gasteiger partial charge in [0.25, 0.3) is 5.91 Å². The van der Waals surface area contributed by atoms with Gasteiger partial charge in [0.05, 0.1) is 29.2 Å². The highest BCUT2D eigenvalue weighted by molar-refractivity contribution is 6.08. The smallest absolute Gasteiger partial charge is 0.261 e. The van der Waals surface area contributed by atoms with E-state index >= 15 is 0 Å². The summed E-state index contributed by atoms with van der Waals surface area (Å²) >= 11 is 0. The van der Waals surface area contributed by atoms with Gasteiger partial charge in [-0.3, -0.25) is 9.48 Å². The van der Waals surface area contributed by atoms with Crippen molar-refractivity contribution in [3.05, 3.63) is 41.7 Å². The van der Waals surface area contributed by atoms with Gasteiger partial charge < -0.3 is 15.7 Å². The molecule has 0 saturated heterocycles. The maximum absolute atomic E-state index is 12.8. The van der Waals surface area contributed by atoms with Gasteiger partial charge in [0.1, 0.15) is 0 Å². The average Bonchev–Trinajstić information content (AvgIpc) is 2.86. The van der Waals surface area contributed by atoms with E-state index in [4.69, 9.17) is 5.73 Å². The molecule has 0 atom stereocenters. The molecule has 0 aliphatic heterocycles. The van der Waals surface area contributed by atoms with Crippen molar-refractivity contribution in [1.82, 2.24) is 9.78 Å². The molecule has 0 saturated carbocycles. The quantitative estimate of drug-likeness (QED) is 0.810. The Labute approximate surface area is 123 Å². The number of aromatic nitrogens is 2. The lowest BCUT2D eigenvalue weighted by Crippen LogP contribution is -2.34. The van der Waals surface area contributed by atoms with Gasteiger partial charge in [-0.2, -0.15) is 5.10 Å². The van der Waals surface area contributed by atoms with E-state index in [-0.39, 0.29) is 19.1 Å². The van der Waals surface area contributed by atoms with Crippen molar-refractivity contribution < 1.29 is 9.90 Å². The van der Waals surface area contributed by atoms with Crippen LogP contribution in [0.15, 0.2) is 30.5 Å². The van der Waals surface area contributed by atoms with Gasteiger partial charge in [-0.05, 0) is 18.6 Å². The molecule has 112 valence electrons. The Kier molecular flexibility index (Phi) is 4.59. The van der Waals surface area contributed by atoms with Crippen LogP contribution in [0.3, 0.4) is 0 Å². The van der Waals surface area contributed by atoms with E-state index in [1.807, 2.05) is 19.1 Å². The number of aliphatic hydroxyl groups is 1. The molecule has 0 radical (unpaired) electrons. The number of aliphatic hydroxyl groups excluding tert-OH is 1. The second kappa shape index (κ2) is 6.41. The number of carbonyl (C=O) groups is 1. The monoisotopic (exact) mass is 288 g/mol. The number of amides is 1. The van der Waals surface area contributed by atoms with Crippen molar-refractivity contribution in [3.63, 3.8) is 0 Å². The molecule has 0 fully saturated rings.